The second-order valence-corrected chi connectivity index (χ2v) is 5.00. The van der Waals surface area contributed by atoms with Gasteiger partial charge in [0.05, 0.1) is 22.6 Å². The quantitative estimate of drug-likeness (QED) is 0.669. The van der Waals surface area contributed by atoms with Crippen molar-refractivity contribution in [1.82, 2.24) is 9.55 Å². The number of alkyl halides is 1. The zero-order chi connectivity index (χ0) is 15.0. The third-order valence-corrected chi connectivity index (χ3v) is 3.58. The van der Waals surface area contributed by atoms with Crippen molar-refractivity contribution in [3.05, 3.63) is 59.2 Å². The lowest BCUT2D eigenvalue weighted by Crippen LogP contribution is -2.03. The molecule has 0 saturated carbocycles. The largest absolute Gasteiger partial charge is 0.294 e. The van der Waals surface area contributed by atoms with E-state index in [2.05, 4.69) is 4.98 Å². The molecule has 3 nitrogen and oxygen atoms in total. The Kier molecular flexibility index (Phi) is 3.36. The maximum atomic E-state index is 13.9. The predicted octanol–water partition coefficient (Wildman–Crippen LogP) is 4.08. The second kappa shape index (κ2) is 5.19. The average Bonchev–Trinajstić information content (AvgIpc) is 2.84. The molecule has 0 unspecified atom stereocenters. The van der Waals surface area contributed by atoms with Gasteiger partial charge < -0.3 is 0 Å². The molecule has 21 heavy (non-hydrogen) atoms. The summed E-state index contributed by atoms with van der Waals surface area (Å²) in [5.41, 5.74) is 3.11. The average molecular weight is 300 g/mol. The first-order valence-electron chi connectivity index (χ1n) is 6.38. The molecule has 0 N–H and O–H groups in total. The van der Waals surface area contributed by atoms with Crippen LogP contribution in [0.1, 0.15) is 17.0 Å². The maximum absolute atomic E-state index is 13.9. The molecule has 1 aromatic heterocycles. The molecule has 0 atom stereocenters. The summed E-state index contributed by atoms with van der Waals surface area (Å²) in [6.07, 6.45) is 0. The molecule has 104 valence electrons. The van der Waals surface area contributed by atoms with E-state index in [1.165, 1.54) is 6.07 Å². The maximum Gasteiger partial charge on any atom is 0.143 e. The molecule has 0 aliphatic rings. The summed E-state index contributed by atoms with van der Waals surface area (Å²) in [7, 11) is 0. The molecule has 0 saturated heterocycles. The van der Waals surface area contributed by atoms with Crippen LogP contribution in [0.25, 0.3) is 16.7 Å². The number of fused-ring (bicyclic) bond motifs is 1. The number of aromatic nitrogens is 2. The molecule has 1 heterocycles. The van der Waals surface area contributed by atoms with Crippen molar-refractivity contribution >= 4 is 22.6 Å². The SMILES string of the molecule is Cc1ccc2c(c1)nc(CCl)n2-c1cccc(F)c1C#N. The standard InChI is InChI=1S/C16H11ClFN3/c1-10-5-6-15-13(7-10)20-16(8-17)21(15)14-4-2-3-12(18)11(14)9-19/h2-7H,8H2,1H3. The van der Waals surface area contributed by atoms with E-state index in [1.807, 2.05) is 31.2 Å². The summed E-state index contributed by atoms with van der Waals surface area (Å²) >= 11 is 5.97. The first-order chi connectivity index (χ1) is 10.2. The number of nitrogens with zero attached hydrogens (tertiary/aromatic N) is 3. The Morgan fingerprint density at radius 1 is 1.33 bits per heavy atom. The summed E-state index contributed by atoms with van der Waals surface area (Å²) in [4.78, 5) is 4.47. The van der Waals surface area contributed by atoms with Crippen LogP contribution < -0.4 is 0 Å². The van der Waals surface area contributed by atoms with Crippen LogP contribution in [0, 0.1) is 24.1 Å². The molecule has 3 aromatic rings. The summed E-state index contributed by atoms with van der Waals surface area (Å²) in [6.45, 7) is 1.97. The number of nitriles is 1. The second-order valence-electron chi connectivity index (χ2n) is 4.74. The van der Waals surface area contributed by atoms with E-state index < -0.39 is 5.82 Å². The van der Waals surface area contributed by atoms with Crippen molar-refractivity contribution in [3.63, 3.8) is 0 Å². The first kappa shape index (κ1) is 13.6. The zero-order valence-corrected chi connectivity index (χ0v) is 12.0. The van der Waals surface area contributed by atoms with E-state index >= 15 is 0 Å². The topological polar surface area (TPSA) is 41.6 Å². The third-order valence-electron chi connectivity index (χ3n) is 3.34. The molecule has 0 radical (unpaired) electrons. The van der Waals surface area contributed by atoms with Crippen LogP contribution in [-0.2, 0) is 5.88 Å². The van der Waals surface area contributed by atoms with Gasteiger partial charge in [-0.05, 0) is 36.8 Å². The van der Waals surface area contributed by atoms with Gasteiger partial charge in [0.25, 0.3) is 0 Å². The van der Waals surface area contributed by atoms with Gasteiger partial charge in [-0.2, -0.15) is 5.26 Å². The highest BCUT2D eigenvalue weighted by Crippen LogP contribution is 2.26. The smallest absolute Gasteiger partial charge is 0.143 e. The Balaban J connectivity index is 2.40. The van der Waals surface area contributed by atoms with Crippen molar-refractivity contribution in [3.8, 4) is 11.8 Å². The van der Waals surface area contributed by atoms with Crippen molar-refractivity contribution in [2.75, 3.05) is 0 Å². The van der Waals surface area contributed by atoms with Gasteiger partial charge in [-0.1, -0.05) is 12.1 Å². The van der Waals surface area contributed by atoms with E-state index in [0.29, 0.717) is 11.5 Å². The lowest BCUT2D eigenvalue weighted by molar-refractivity contribution is 0.622. The molecule has 0 bridgehead atoms. The minimum atomic E-state index is -0.551. The van der Waals surface area contributed by atoms with Crippen molar-refractivity contribution in [2.45, 2.75) is 12.8 Å². The van der Waals surface area contributed by atoms with E-state index in [4.69, 9.17) is 11.6 Å². The molecule has 2 aromatic carbocycles. The molecule has 0 fully saturated rings. The lowest BCUT2D eigenvalue weighted by atomic mass is 10.1. The van der Waals surface area contributed by atoms with Gasteiger partial charge in [0, 0.05) is 0 Å². The summed E-state index contributed by atoms with van der Waals surface area (Å²) in [5.74, 6) is 0.207. The third kappa shape index (κ3) is 2.16. The lowest BCUT2D eigenvalue weighted by Gasteiger charge is -2.10. The monoisotopic (exact) mass is 299 g/mol. The normalized spacial score (nSPS) is 10.8. The number of aryl methyl sites for hydroxylation is 1. The summed E-state index contributed by atoms with van der Waals surface area (Å²) in [5, 5.41) is 9.22. The Morgan fingerprint density at radius 3 is 2.86 bits per heavy atom. The van der Waals surface area contributed by atoms with E-state index in [9.17, 15) is 9.65 Å². The van der Waals surface area contributed by atoms with Gasteiger partial charge >= 0.3 is 0 Å². The molecule has 0 spiro atoms. The Morgan fingerprint density at radius 2 is 2.14 bits per heavy atom. The number of benzene rings is 2. The van der Waals surface area contributed by atoms with Crippen LogP contribution in [-0.4, -0.2) is 9.55 Å². The Labute approximate surface area is 126 Å². The molecular formula is C16H11ClFN3. The van der Waals surface area contributed by atoms with Crippen molar-refractivity contribution in [1.29, 1.82) is 5.26 Å². The van der Waals surface area contributed by atoms with E-state index in [0.717, 1.165) is 16.6 Å². The number of halogens is 2. The van der Waals surface area contributed by atoms with Crippen LogP contribution in [0.5, 0.6) is 0 Å². The van der Waals surface area contributed by atoms with Crippen LogP contribution in [0.4, 0.5) is 4.39 Å². The molecule has 0 aliphatic heterocycles. The highest BCUT2D eigenvalue weighted by molar-refractivity contribution is 6.17. The van der Waals surface area contributed by atoms with Crippen LogP contribution >= 0.6 is 11.6 Å². The number of imidazole rings is 1. The van der Waals surface area contributed by atoms with E-state index in [-0.39, 0.29) is 11.4 Å². The van der Waals surface area contributed by atoms with Gasteiger partial charge in [0.2, 0.25) is 0 Å². The fourth-order valence-corrected chi connectivity index (χ4v) is 2.59. The number of hydrogen-bond donors (Lipinski definition) is 0. The van der Waals surface area contributed by atoms with Gasteiger partial charge in [0.15, 0.2) is 0 Å². The molecule has 0 aliphatic carbocycles. The van der Waals surface area contributed by atoms with Gasteiger partial charge in [-0.25, -0.2) is 9.37 Å². The predicted molar refractivity (Wildman–Crippen MR) is 80.0 cm³/mol. The minimum Gasteiger partial charge on any atom is -0.294 e. The number of rotatable bonds is 2. The van der Waals surface area contributed by atoms with Gasteiger partial charge in [-0.3, -0.25) is 4.57 Å². The fourth-order valence-electron chi connectivity index (χ4n) is 2.41. The highest BCUT2D eigenvalue weighted by atomic mass is 35.5. The van der Waals surface area contributed by atoms with E-state index in [1.54, 1.807) is 16.7 Å². The molecular weight excluding hydrogens is 289 g/mol. The van der Waals surface area contributed by atoms with Crippen LogP contribution in [0.2, 0.25) is 0 Å². The van der Waals surface area contributed by atoms with Crippen molar-refractivity contribution in [2.24, 2.45) is 0 Å². The van der Waals surface area contributed by atoms with Crippen molar-refractivity contribution < 1.29 is 4.39 Å². The molecule has 3 rings (SSSR count). The Hall–Kier alpha value is -2.38. The summed E-state index contributed by atoms with van der Waals surface area (Å²) < 4.78 is 15.6. The molecule has 0 amide bonds. The Bertz CT molecular complexity index is 877. The minimum absolute atomic E-state index is 0.0104. The number of hydrogen-bond acceptors (Lipinski definition) is 2. The van der Waals surface area contributed by atoms with Crippen LogP contribution in [0.15, 0.2) is 36.4 Å². The first-order valence-corrected chi connectivity index (χ1v) is 6.92. The molecule has 5 heteroatoms. The fraction of sp³-hybridized carbons (Fsp3) is 0.125. The van der Waals surface area contributed by atoms with Gasteiger partial charge in [0.1, 0.15) is 23.3 Å². The van der Waals surface area contributed by atoms with Crippen LogP contribution in [0.3, 0.4) is 0 Å². The van der Waals surface area contributed by atoms with Gasteiger partial charge in [-0.15, -0.1) is 11.6 Å². The summed E-state index contributed by atoms with van der Waals surface area (Å²) in [6, 6.07) is 12.2. The highest BCUT2D eigenvalue weighted by Gasteiger charge is 2.16. The zero-order valence-electron chi connectivity index (χ0n) is 11.3.